The quantitative estimate of drug-likeness (QED) is 0.777. The molecule has 4 heteroatoms. The van der Waals surface area contributed by atoms with E-state index in [0.29, 0.717) is 17.2 Å². The molecule has 0 bridgehead atoms. The van der Waals surface area contributed by atoms with Crippen LogP contribution in [0.5, 0.6) is 0 Å². The molecule has 4 rings (SSSR count). The molecule has 0 heterocycles. The van der Waals surface area contributed by atoms with Crippen LogP contribution in [0.15, 0.2) is 0 Å². The molecule has 3 nitrogen and oxygen atoms in total. The summed E-state index contributed by atoms with van der Waals surface area (Å²) < 4.78 is 12.7. The van der Waals surface area contributed by atoms with Gasteiger partial charge in [-0.1, -0.05) is 13.8 Å². The molecule has 4 aliphatic rings. The molecule has 150 valence electrons. The van der Waals surface area contributed by atoms with Crippen LogP contribution in [0.4, 0.5) is 0 Å². The van der Waals surface area contributed by atoms with Crippen LogP contribution in [-0.2, 0) is 10.8 Å². The average Bonchev–Trinajstić information content (AvgIpc) is 2.94. The molecular weight excluding hydrogens is 342 g/mol. The summed E-state index contributed by atoms with van der Waals surface area (Å²) in [5, 5.41) is 11.0. The van der Waals surface area contributed by atoms with E-state index >= 15 is 0 Å². The number of nitrogens with two attached hydrogens (primary N) is 1. The van der Waals surface area contributed by atoms with Gasteiger partial charge in [-0.05, 0) is 105 Å². The van der Waals surface area contributed by atoms with Crippen molar-refractivity contribution in [1.29, 1.82) is 0 Å². The van der Waals surface area contributed by atoms with Gasteiger partial charge >= 0.3 is 0 Å². The molecule has 3 N–H and O–H groups in total. The van der Waals surface area contributed by atoms with E-state index in [-0.39, 0.29) is 11.5 Å². The van der Waals surface area contributed by atoms with Gasteiger partial charge in [0.15, 0.2) is 0 Å². The Morgan fingerprint density at radius 1 is 1.00 bits per heavy atom. The molecule has 0 saturated heterocycles. The van der Waals surface area contributed by atoms with Crippen LogP contribution in [0.2, 0.25) is 0 Å². The van der Waals surface area contributed by atoms with Crippen LogP contribution in [0.25, 0.3) is 0 Å². The fourth-order valence-electron chi connectivity index (χ4n) is 7.82. The van der Waals surface area contributed by atoms with E-state index in [1.165, 1.54) is 44.9 Å². The van der Waals surface area contributed by atoms with E-state index in [0.717, 1.165) is 48.7 Å². The molecule has 4 saturated carbocycles. The Kier molecular flexibility index (Phi) is 5.33. The van der Waals surface area contributed by atoms with Crippen molar-refractivity contribution in [2.45, 2.75) is 89.4 Å². The van der Waals surface area contributed by atoms with E-state index in [2.05, 4.69) is 13.8 Å². The monoisotopic (exact) mass is 381 g/mol. The fourth-order valence-corrected chi connectivity index (χ4v) is 9.43. The number of hydrogen-bond donors (Lipinski definition) is 2. The highest BCUT2D eigenvalue weighted by Crippen LogP contribution is 2.66. The van der Waals surface area contributed by atoms with Gasteiger partial charge in [0.25, 0.3) is 0 Å². The number of aliphatic hydroxyl groups is 1. The number of fused-ring (bicyclic) bond motifs is 5. The maximum absolute atomic E-state index is 12.7. The summed E-state index contributed by atoms with van der Waals surface area (Å²) in [7, 11) is -0.678. The first-order valence-corrected chi connectivity index (χ1v) is 12.5. The zero-order chi connectivity index (χ0) is 18.5. The molecule has 0 aromatic rings. The summed E-state index contributed by atoms with van der Waals surface area (Å²) in [5.41, 5.74) is 6.25. The van der Waals surface area contributed by atoms with E-state index in [1.54, 1.807) is 0 Å². The van der Waals surface area contributed by atoms with Crippen molar-refractivity contribution < 1.29 is 9.32 Å². The fraction of sp³-hybridized carbons (Fsp3) is 1.00. The lowest BCUT2D eigenvalue weighted by Crippen LogP contribution is -2.54. The van der Waals surface area contributed by atoms with Gasteiger partial charge in [-0.2, -0.15) is 0 Å². The van der Waals surface area contributed by atoms with Gasteiger partial charge in [-0.25, -0.2) is 0 Å². The molecule has 9 atom stereocenters. The Labute approximate surface area is 162 Å². The van der Waals surface area contributed by atoms with Crippen LogP contribution >= 0.6 is 0 Å². The highest BCUT2D eigenvalue weighted by molar-refractivity contribution is 7.85. The van der Waals surface area contributed by atoms with Crippen molar-refractivity contribution >= 4 is 10.8 Å². The minimum absolute atomic E-state index is 0.0697. The van der Waals surface area contributed by atoms with Crippen molar-refractivity contribution in [2.75, 3.05) is 12.3 Å². The number of aliphatic hydroxyl groups excluding tert-OH is 1. The highest BCUT2D eigenvalue weighted by atomic mass is 32.2. The molecule has 0 radical (unpaired) electrons. The lowest BCUT2D eigenvalue weighted by atomic mass is 9.45. The summed E-state index contributed by atoms with van der Waals surface area (Å²) in [6, 6.07) is 0. The molecule has 4 aliphatic carbocycles. The predicted molar refractivity (Wildman–Crippen MR) is 108 cm³/mol. The number of rotatable bonds is 4. The van der Waals surface area contributed by atoms with Crippen molar-refractivity contribution in [3.63, 3.8) is 0 Å². The molecule has 4 fully saturated rings. The van der Waals surface area contributed by atoms with E-state index in [4.69, 9.17) is 5.73 Å². The third-order valence-corrected chi connectivity index (χ3v) is 11.4. The van der Waals surface area contributed by atoms with Crippen molar-refractivity contribution in [3.8, 4) is 0 Å². The first kappa shape index (κ1) is 19.4. The van der Waals surface area contributed by atoms with Gasteiger partial charge in [0.2, 0.25) is 0 Å². The van der Waals surface area contributed by atoms with Gasteiger partial charge in [0, 0.05) is 21.8 Å². The largest absolute Gasteiger partial charge is 0.393 e. The zero-order valence-electron chi connectivity index (χ0n) is 16.8. The van der Waals surface area contributed by atoms with Crippen LogP contribution in [0.3, 0.4) is 0 Å². The second-order valence-corrected chi connectivity index (χ2v) is 12.3. The van der Waals surface area contributed by atoms with Gasteiger partial charge < -0.3 is 10.8 Å². The van der Waals surface area contributed by atoms with Crippen molar-refractivity contribution in [1.82, 2.24) is 0 Å². The molecule has 0 aromatic heterocycles. The summed E-state index contributed by atoms with van der Waals surface area (Å²) in [5.74, 6) is 3.97. The number of hydrogen-bond acceptors (Lipinski definition) is 3. The topological polar surface area (TPSA) is 63.3 Å². The minimum Gasteiger partial charge on any atom is -0.393 e. The highest BCUT2D eigenvalue weighted by Gasteiger charge is 2.60. The van der Waals surface area contributed by atoms with Crippen LogP contribution in [-0.4, -0.2) is 33.0 Å². The average molecular weight is 382 g/mol. The molecule has 9 unspecified atom stereocenters. The minimum atomic E-state index is -0.678. The summed E-state index contributed by atoms with van der Waals surface area (Å²) >= 11 is 0. The normalized spacial score (nSPS) is 52.0. The van der Waals surface area contributed by atoms with E-state index in [1.807, 2.05) is 0 Å². The molecule has 0 aliphatic heterocycles. The zero-order valence-corrected chi connectivity index (χ0v) is 17.6. The van der Waals surface area contributed by atoms with Crippen LogP contribution in [0, 0.1) is 34.5 Å². The van der Waals surface area contributed by atoms with Gasteiger partial charge in [-0.15, -0.1) is 0 Å². The summed E-state index contributed by atoms with van der Waals surface area (Å²) in [4.78, 5) is 0. The maximum Gasteiger partial charge on any atom is 0.0596 e. The van der Waals surface area contributed by atoms with Crippen molar-refractivity contribution in [2.24, 2.45) is 40.2 Å². The van der Waals surface area contributed by atoms with E-state index in [9.17, 15) is 9.32 Å². The Balaban J connectivity index is 1.48. The van der Waals surface area contributed by atoms with Crippen LogP contribution < -0.4 is 5.73 Å². The first-order valence-electron chi connectivity index (χ1n) is 11.2. The second kappa shape index (κ2) is 7.15. The molecule has 26 heavy (non-hydrogen) atoms. The molecule has 0 amide bonds. The molecule has 0 spiro atoms. The Hall–Kier alpha value is 0.0700. The third kappa shape index (κ3) is 2.93. The van der Waals surface area contributed by atoms with Crippen molar-refractivity contribution in [3.05, 3.63) is 0 Å². The van der Waals surface area contributed by atoms with Crippen LogP contribution in [0.1, 0.15) is 78.1 Å². The smallest absolute Gasteiger partial charge is 0.0596 e. The first-order chi connectivity index (χ1) is 12.4. The molecular formula is C22H39NO2S. The third-order valence-electron chi connectivity index (χ3n) is 9.49. The Bertz CT molecular complexity index is 554. The molecule has 0 aromatic carbocycles. The lowest BCUT2D eigenvalue weighted by molar-refractivity contribution is -0.120. The Morgan fingerprint density at radius 3 is 2.50 bits per heavy atom. The lowest BCUT2D eigenvalue weighted by Gasteiger charge is -2.60. The van der Waals surface area contributed by atoms with Gasteiger partial charge in [0.05, 0.1) is 6.10 Å². The second-order valence-electron chi connectivity index (χ2n) is 10.4. The Morgan fingerprint density at radius 2 is 1.73 bits per heavy atom. The maximum atomic E-state index is 12.7. The predicted octanol–water partition coefficient (Wildman–Crippen LogP) is 3.86. The van der Waals surface area contributed by atoms with E-state index < -0.39 is 10.8 Å². The summed E-state index contributed by atoms with van der Waals surface area (Å²) in [6.45, 7) is 5.61. The SMILES string of the molecule is CC12CCC3C(CCC4CC(S(=O)CCCN)CCC43C)C1CCC2O. The van der Waals surface area contributed by atoms with Gasteiger partial charge in [-0.3, -0.25) is 4.21 Å². The summed E-state index contributed by atoms with van der Waals surface area (Å²) in [6.07, 6.45) is 11.9. The standard InChI is InChI=1S/C22H39NO2S/c1-21-10-8-16(26(25)13-3-12-23)14-15(21)4-5-17-18-6-7-20(24)22(18,2)11-9-19(17)21/h15-20,24H,3-14,23H2,1-2H3. The van der Waals surface area contributed by atoms with Gasteiger partial charge in [0.1, 0.15) is 0 Å².